The third kappa shape index (κ3) is 3.53. The second kappa shape index (κ2) is 7.73. The van der Waals surface area contributed by atoms with Crippen molar-refractivity contribution < 1.29 is 9.18 Å². The number of carbonyl (C=O) groups excluding carboxylic acids is 1. The summed E-state index contributed by atoms with van der Waals surface area (Å²) < 4.78 is 14.0. The highest BCUT2D eigenvalue weighted by Crippen LogP contribution is 2.21. The maximum absolute atomic E-state index is 14.0. The van der Waals surface area contributed by atoms with Crippen LogP contribution in [0.1, 0.15) is 15.9 Å². The predicted molar refractivity (Wildman–Crippen MR) is 107 cm³/mol. The zero-order valence-electron chi connectivity index (χ0n) is 15.1. The van der Waals surface area contributed by atoms with Crippen molar-refractivity contribution in [2.75, 3.05) is 26.2 Å². The second-order valence-electron chi connectivity index (χ2n) is 6.85. The van der Waals surface area contributed by atoms with E-state index >= 15 is 0 Å². The molecule has 0 spiro atoms. The molecular weight excluding hydrogens is 381 g/mol. The Labute approximate surface area is 166 Å². The quantitative estimate of drug-likeness (QED) is 0.735. The molecule has 1 aromatic heterocycles. The summed E-state index contributed by atoms with van der Waals surface area (Å²) in [6.45, 7) is 2.50. The number of nitrogens with zero attached hydrogens (tertiary/aromatic N) is 2. The molecule has 5 nitrogen and oxygen atoms in total. The van der Waals surface area contributed by atoms with Crippen LogP contribution in [0.5, 0.6) is 0 Å². The lowest BCUT2D eigenvalue weighted by molar-refractivity contribution is 0.0625. The SMILES string of the molecule is O=C(c1c[nH]c2ccccc2c1=O)N1CCN(Cc2c(F)cccc2Cl)CC1. The molecule has 0 radical (unpaired) electrons. The van der Waals surface area contributed by atoms with Crippen LogP contribution in [0.3, 0.4) is 0 Å². The normalized spacial score (nSPS) is 15.1. The van der Waals surface area contributed by atoms with Gasteiger partial charge in [-0.05, 0) is 24.3 Å². The fraction of sp³-hybridized carbons (Fsp3) is 0.238. The van der Waals surface area contributed by atoms with Gasteiger partial charge >= 0.3 is 0 Å². The third-order valence-electron chi connectivity index (χ3n) is 5.12. The van der Waals surface area contributed by atoms with Crippen molar-refractivity contribution in [2.24, 2.45) is 0 Å². The van der Waals surface area contributed by atoms with Gasteiger partial charge in [-0.25, -0.2) is 4.39 Å². The highest BCUT2D eigenvalue weighted by Gasteiger charge is 2.25. The molecular formula is C21H19ClFN3O2. The smallest absolute Gasteiger partial charge is 0.259 e. The van der Waals surface area contributed by atoms with E-state index in [-0.39, 0.29) is 22.7 Å². The number of aromatic nitrogens is 1. The molecule has 0 saturated carbocycles. The highest BCUT2D eigenvalue weighted by atomic mass is 35.5. The zero-order chi connectivity index (χ0) is 19.7. The van der Waals surface area contributed by atoms with Gasteiger partial charge in [-0.1, -0.05) is 29.8 Å². The first-order chi connectivity index (χ1) is 13.5. The van der Waals surface area contributed by atoms with Gasteiger partial charge in [-0.15, -0.1) is 0 Å². The maximum atomic E-state index is 14.0. The van der Waals surface area contributed by atoms with Crippen LogP contribution in [-0.4, -0.2) is 46.9 Å². The Balaban J connectivity index is 1.46. The molecule has 1 N–H and O–H groups in total. The molecule has 2 aromatic carbocycles. The average molecular weight is 400 g/mol. The van der Waals surface area contributed by atoms with Gasteiger partial charge in [0.05, 0.1) is 0 Å². The van der Waals surface area contributed by atoms with Crippen molar-refractivity contribution >= 4 is 28.4 Å². The summed E-state index contributed by atoms with van der Waals surface area (Å²) in [5, 5.41) is 0.905. The maximum Gasteiger partial charge on any atom is 0.259 e. The number of pyridine rings is 1. The molecule has 1 amide bonds. The lowest BCUT2D eigenvalue weighted by atomic mass is 10.1. The van der Waals surface area contributed by atoms with Crippen LogP contribution >= 0.6 is 11.6 Å². The molecule has 4 rings (SSSR count). The van der Waals surface area contributed by atoms with Gasteiger partial charge < -0.3 is 9.88 Å². The van der Waals surface area contributed by atoms with E-state index < -0.39 is 0 Å². The number of nitrogens with one attached hydrogen (secondary N) is 1. The molecule has 28 heavy (non-hydrogen) atoms. The number of fused-ring (bicyclic) bond motifs is 1. The third-order valence-corrected chi connectivity index (χ3v) is 5.48. The molecule has 3 aromatic rings. The fourth-order valence-corrected chi connectivity index (χ4v) is 3.74. The molecule has 0 aliphatic carbocycles. The van der Waals surface area contributed by atoms with Crippen molar-refractivity contribution in [3.8, 4) is 0 Å². The van der Waals surface area contributed by atoms with E-state index in [9.17, 15) is 14.0 Å². The van der Waals surface area contributed by atoms with Gasteiger partial charge in [-0.3, -0.25) is 14.5 Å². The van der Waals surface area contributed by atoms with Crippen LogP contribution in [0.4, 0.5) is 4.39 Å². The minimum absolute atomic E-state index is 0.143. The Hall–Kier alpha value is -2.70. The Kier molecular flexibility index (Phi) is 5.15. The summed E-state index contributed by atoms with van der Waals surface area (Å²) in [6, 6.07) is 11.8. The monoisotopic (exact) mass is 399 g/mol. The number of hydrogen-bond acceptors (Lipinski definition) is 3. The van der Waals surface area contributed by atoms with Gasteiger partial charge in [-0.2, -0.15) is 0 Å². The summed E-state index contributed by atoms with van der Waals surface area (Å²) in [5.74, 6) is -0.607. The Bertz CT molecular complexity index is 1070. The van der Waals surface area contributed by atoms with Crippen LogP contribution in [0.15, 0.2) is 53.5 Å². The number of halogens is 2. The van der Waals surface area contributed by atoms with Gasteiger partial charge in [0.2, 0.25) is 5.43 Å². The number of carbonyl (C=O) groups is 1. The lowest BCUT2D eigenvalue weighted by Crippen LogP contribution is -2.49. The van der Waals surface area contributed by atoms with Gasteiger partial charge in [0.15, 0.2) is 0 Å². The minimum Gasteiger partial charge on any atom is -0.360 e. The average Bonchev–Trinajstić information content (AvgIpc) is 2.71. The number of hydrogen-bond donors (Lipinski definition) is 1. The fourth-order valence-electron chi connectivity index (χ4n) is 3.51. The van der Waals surface area contributed by atoms with Crippen LogP contribution < -0.4 is 5.43 Å². The molecule has 1 aliphatic heterocycles. The Morgan fingerprint density at radius 3 is 2.57 bits per heavy atom. The summed E-state index contributed by atoms with van der Waals surface area (Å²) in [4.78, 5) is 32.2. The molecule has 144 valence electrons. The number of aromatic amines is 1. The zero-order valence-corrected chi connectivity index (χ0v) is 15.9. The van der Waals surface area contributed by atoms with E-state index in [2.05, 4.69) is 9.88 Å². The van der Waals surface area contributed by atoms with Crippen molar-refractivity contribution in [1.29, 1.82) is 0 Å². The van der Waals surface area contributed by atoms with Gasteiger partial charge in [0.1, 0.15) is 11.4 Å². The number of amides is 1. The van der Waals surface area contributed by atoms with Crippen molar-refractivity contribution in [3.63, 3.8) is 0 Å². The summed E-state index contributed by atoms with van der Waals surface area (Å²) in [5.41, 5.74) is 1.05. The number of H-pyrrole nitrogens is 1. The molecule has 1 aliphatic rings. The first-order valence-corrected chi connectivity index (χ1v) is 9.47. The molecule has 1 saturated heterocycles. The van der Waals surface area contributed by atoms with E-state index in [1.807, 2.05) is 6.07 Å². The Morgan fingerprint density at radius 1 is 1.07 bits per heavy atom. The molecule has 7 heteroatoms. The van der Waals surface area contributed by atoms with Crippen LogP contribution in [0, 0.1) is 5.82 Å². The van der Waals surface area contributed by atoms with E-state index in [0.29, 0.717) is 54.2 Å². The number of benzene rings is 2. The largest absolute Gasteiger partial charge is 0.360 e. The van der Waals surface area contributed by atoms with Gasteiger partial charge in [0.25, 0.3) is 5.91 Å². The molecule has 0 atom stereocenters. The highest BCUT2D eigenvalue weighted by molar-refractivity contribution is 6.31. The minimum atomic E-state index is -0.325. The molecule has 1 fully saturated rings. The van der Waals surface area contributed by atoms with E-state index in [0.717, 1.165) is 0 Å². The van der Waals surface area contributed by atoms with Crippen molar-refractivity contribution in [1.82, 2.24) is 14.8 Å². The first-order valence-electron chi connectivity index (χ1n) is 9.09. The molecule has 0 bridgehead atoms. The number of rotatable bonds is 3. The van der Waals surface area contributed by atoms with Crippen LogP contribution in [-0.2, 0) is 6.54 Å². The summed E-state index contributed by atoms with van der Waals surface area (Å²) >= 11 is 6.10. The summed E-state index contributed by atoms with van der Waals surface area (Å²) in [7, 11) is 0. The number of piperazine rings is 1. The summed E-state index contributed by atoms with van der Waals surface area (Å²) in [6.07, 6.45) is 1.48. The first kappa shape index (κ1) is 18.7. The van der Waals surface area contributed by atoms with E-state index in [4.69, 9.17) is 11.6 Å². The van der Waals surface area contributed by atoms with E-state index in [1.165, 1.54) is 12.3 Å². The standard InChI is InChI=1S/C21H19ClFN3O2/c22-17-5-3-6-18(23)16(17)13-25-8-10-26(11-9-25)21(28)15-12-24-19-7-2-1-4-14(19)20(15)27/h1-7,12H,8-11,13H2,(H,24,27). The van der Waals surface area contributed by atoms with Crippen molar-refractivity contribution in [2.45, 2.75) is 6.54 Å². The molecule has 0 unspecified atom stereocenters. The second-order valence-corrected chi connectivity index (χ2v) is 7.25. The lowest BCUT2D eigenvalue weighted by Gasteiger charge is -2.34. The Morgan fingerprint density at radius 2 is 1.82 bits per heavy atom. The molecule has 2 heterocycles. The van der Waals surface area contributed by atoms with Crippen molar-refractivity contribution in [3.05, 3.63) is 80.9 Å². The predicted octanol–water partition coefficient (Wildman–Crippen LogP) is 3.28. The van der Waals surface area contributed by atoms with Crippen LogP contribution in [0.25, 0.3) is 10.9 Å². The topological polar surface area (TPSA) is 56.4 Å². The van der Waals surface area contributed by atoms with Crippen LogP contribution in [0.2, 0.25) is 5.02 Å². The van der Waals surface area contributed by atoms with Gasteiger partial charge in [0, 0.05) is 60.4 Å². The number of para-hydroxylation sites is 1. The van der Waals surface area contributed by atoms with E-state index in [1.54, 1.807) is 35.2 Å².